The fourth-order valence-electron chi connectivity index (χ4n) is 2.49. The van der Waals surface area contributed by atoms with Crippen LogP contribution in [0.4, 0.5) is 0 Å². The highest BCUT2D eigenvalue weighted by Gasteiger charge is 2.24. The predicted molar refractivity (Wildman–Crippen MR) is 100 cm³/mol. The van der Waals surface area contributed by atoms with E-state index in [0.717, 1.165) is 5.56 Å². The van der Waals surface area contributed by atoms with Gasteiger partial charge in [-0.1, -0.05) is 59.6 Å². The van der Waals surface area contributed by atoms with E-state index in [1.165, 1.54) is 0 Å². The number of hydrogen-bond donors (Lipinski definition) is 0. The van der Waals surface area contributed by atoms with Gasteiger partial charge in [0.2, 0.25) is 0 Å². The zero-order valence-corrected chi connectivity index (χ0v) is 15.5. The predicted octanol–water partition coefficient (Wildman–Crippen LogP) is 5.02. The van der Waals surface area contributed by atoms with E-state index in [1.807, 2.05) is 49.3 Å². The first-order chi connectivity index (χ1) is 10.5. The number of benzene rings is 2. The van der Waals surface area contributed by atoms with Crippen molar-refractivity contribution in [3.05, 3.63) is 69.7 Å². The van der Waals surface area contributed by atoms with Gasteiger partial charge in [0.1, 0.15) is 0 Å². The average Bonchev–Trinajstić information content (AvgIpc) is 2.49. The van der Waals surface area contributed by atoms with Crippen LogP contribution in [0.1, 0.15) is 15.9 Å². The summed E-state index contributed by atoms with van der Waals surface area (Å²) in [5.74, 6) is -0.126. The van der Waals surface area contributed by atoms with Crippen LogP contribution in [0, 0.1) is 5.92 Å². The zero-order valence-electron chi connectivity index (χ0n) is 13.1. The van der Waals surface area contributed by atoms with Crippen molar-refractivity contribution in [1.29, 1.82) is 0 Å². The summed E-state index contributed by atoms with van der Waals surface area (Å²) in [4.78, 5) is 14.9. The molecule has 0 amide bonds. The fourth-order valence-corrected chi connectivity index (χ4v) is 2.89. The minimum absolute atomic E-state index is 0. The Morgan fingerprint density at radius 1 is 1.04 bits per heavy atom. The summed E-state index contributed by atoms with van der Waals surface area (Å²) in [6, 6.07) is 15.2. The molecule has 0 heterocycles. The third kappa shape index (κ3) is 5.50. The van der Waals surface area contributed by atoms with Crippen LogP contribution < -0.4 is 0 Å². The van der Waals surface area contributed by atoms with Crippen molar-refractivity contribution in [3.8, 4) is 0 Å². The largest absolute Gasteiger partial charge is 0.309 e. The standard InChI is InChI=1S/C18H19Cl2NO.ClH/c1-21(2)12-14(11-13-7-4-3-5-8-13)18(22)15-9-6-10-16(19)17(15)20;/h3-10,14H,11-12H2,1-2H3;1H/t14-;/m0./s1. The number of nitrogens with zero attached hydrogens (tertiary/aromatic N) is 1. The molecule has 2 aromatic rings. The monoisotopic (exact) mass is 371 g/mol. The highest BCUT2D eigenvalue weighted by molar-refractivity contribution is 6.44. The van der Waals surface area contributed by atoms with Gasteiger partial charge in [-0.2, -0.15) is 0 Å². The number of rotatable bonds is 6. The maximum atomic E-state index is 12.9. The van der Waals surface area contributed by atoms with Gasteiger partial charge in [0, 0.05) is 18.0 Å². The van der Waals surface area contributed by atoms with Gasteiger partial charge in [-0.15, -0.1) is 12.4 Å². The van der Waals surface area contributed by atoms with E-state index in [-0.39, 0.29) is 24.1 Å². The summed E-state index contributed by atoms with van der Waals surface area (Å²) in [5, 5.41) is 0.752. The van der Waals surface area contributed by atoms with E-state index in [2.05, 4.69) is 0 Å². The third-order valence-corrected chi connectivity index (χ3v) is 4.32. The lowest BCUT2D eigenvalue weighted by Crippen LogP contribution is -2.30. The first-order valence-electron chi connectivity index (χ1n) is 7.16. The molecule has 5 heteroatoms. The number of Topliss-reactive ketones (excluding diaryl/α,β-unsaturated/α-hetero) is 1. The van der Waals surface area contributed by atoms with Crippen molar-refractivity contribution in [3.63, 3.8) is 0 Å². The Hall–Kier alpha value is -1.06. The lowest BCUT2D eigenvalue weighted by Gasteiger charge is -2.21. The number of carbonyl (C=O) groups excluding carboxylic acids is 1. The molecule has 0 saturated heterocycles. The molecule has 0 saturated carbocycles. The van der Waals surface area contributed by atoms with Crippen molar-refractivity contribution in [2.45, 2.75) is 6.42 Å². The lowest BCUT2D eigenvalue weighted by atomic mass is 9.91. The van der Waals surface area contributed by atoms with Crippen LogP contribution in [-0.4, -0.2) is 31.3 Å². The molecule has 0 aliphatic heterocycles. The minimum Gasteiger partial charge on any atom is -0.309 e. The highest BCUT2D eigenvalue weighted by atomic mass is 35.5. The molecule has 2 nitrogen and oxygen atoms in total. The first kappa shape index (κ1) is 20.0. The quantitative estimate of drug-likeness (QED) is 0.664. The Kier molecular flexibility index (Phi) is 8.07. The van der Waals surface area contributed by atoms with E-state index < -0.39 is 0 Å². The maximum absolute atomic E-state index is 12.9. The van der Waals surface area contributed by atoms with Crippen LogP contribution >= 0.6 is 35.6 Å². The molecule has 0 spiro atoms. The molecule has 0 aliphatic carbocycles. The van der Waals surface area contributed by atoms with Crippen LogP contribution in [0.2, 0.25) is 10.0 Å². The van der Waals surface area contributed by atoms with E-state index in [1.54, 1.807) is 18.2 Å². The molecule has 0 unspecified atom stereocenters. The molecule has 124 valence electrons. The fraction of sp³-hybridized carbons (Fsp3) is 0.278. The second-order valence-corrected chi connectivity index (χ2v) is 6.40. The summed E-state index contributed by atoms with van der Waals surface area (Å²) >= 11 is 12.2. The molecule has 0 radical (unpaired) electrons. The van der Waals surface area contributed by atoms with Crippen molar-refractivity contribution in [2.24, 2.45) is 5.92 Å². The van der Waals surface area contributed by atoms with Gasteiger partial charge in [-0.25, -0.2) is 0 Å². The van der Waals surface area contributed by atoms with Crippen molar-refractivity contribution in [2.75, 3.05) is 20.6 Å². The van der Waals surface area contributed by atoms with E-state index in [9.17, 15) is 4.79 Å². The zero-order chi connectivity index (χ0) is 16.1. The van der Waals surface area contributed by atoms with Crippen molar-refractivity contribution < 1.29 is 4.79 Å². The SMILES string of the molecule is CN(C)C[C@H](Cc1ccccc1)C(=O)c1cccc(Cl)c1Cl.Cl. The smallest absolute Gasteiger partial charge is 0.169 e. The molecular formula is C18H20Cl3NO. The summed E-state index contributed by atoms with van der Waals surface area (Å²) < 4.78 is 0. The molecule has 2 aromatic carbocycles. The average molecular weight is 373 g/mol. The molecule has 0 aromatic heterocycles. The minimum atomic E-state index is -0.159. The number of ketones is 1. The van der Waals surface area contributed by atoms with Gasteiger partial charge in [0.25, 0.3) is 0 Å². The normalized spacial score (nSPS) is 11.9. The first-order valence-corrected chi connectivity index (χ1v) is 7.91. The Balaban J connectivity index is 0.00000264. The maximum Gasteiger partial charge on any atom is 0.169 e. The molecule has 0 bridgehead atoms. The van der Waals surface area contributed by atoms with Crippen LogP contribution in [0.5, 0.6) is 0 Å². The Labute approximate surface area is 153 Å². The van der Waals surface area contributed by atoms with Crippen LogP contribution in [0.15, 0.2) is 48.5 Å². The summed E-state index contributed by atoms with van der Waals surface area (Å²) in [7, 11) is 3.93. The van der Waals surface area contributed by atoms with Crippen molar-refractivity contribution in [1.82, 2.24) is 4.90 Å². The van der Waals surface area contributed by atoms with Crippen LogP contribution in [0.25, 0.3) is 0 Å². The van der Waals surface area contributed by atoms with Gasteiger partial charge in [-0.3, -0.25) is 4.79 Å². The summed E-state index contributed by atoms with van der Waals surface area (Å²) in [6.07, 6.45) is 0.681. The molecule has 0 fully saturated rings. The molecular weight excluding hydrogens is 353 g/mol. The second-order valence-electron chi connectivity index (χ2n) is 5.61. The van der Waals surface area contributed by atoms with Gasteiger partial charge >= 0.3 is 0 Å². The topological polar surface area (TPSA) is 20.3 Å². The van der Waals surface area contributed by atoms with Gasteiger partial charge in [-0.05, 0) is 38.2 Å². The number of halogens is 3. The summed E-state index contributed by atoms with van der Waals surface area (Å²) in [6.45, 7) is 0.663. The van der Waals surface area contributed by atoms with Crippen molar-refractivity contribution >= 4 is 41.4 Å². The lowest BCUT2D eigenvalue weighted by molar-refractivity contribution is 0.0897. The molecule has 1 atom stereocenters. The second kappa shape index (κ2) is 9.29. The summed E-state index contributed by atoms with van der Waals surface area (Å²) in [5.41, 5.74) is 1.64. The van der Waals surface area contributed by atoms with Crippen LogP contribution in [0.3, 0.4) is 0 Å². The van der Waals surface area contributed by atoms with E-state index >= 15 is 0 Å². The third-order valence-electron chi connectivity index (χ3n) is 3.50. The Morgan fingerprint density at radius 3 is 2.30 bits per heavy atom. The van der Waals surface area contributed by atoms with Gasteiger partial charge in [0.15, 0.2) is 5.78 Å². The van der Waals surface area contributed by atoms with Gasteiger partial charge in [0.05, 0.1) is 10.0 Å². The Bertz CT molecular complexity index is 644. The highest BCUT2D eigenvalue weighted by Crippen LogP contribution is 2.28. The number of carbonyl (C=O) groups is 1. The van der Waals surface area contributed by atoms with Gasteiger partial charge < -0.3 is 4.90 Å². The molecule has 0 aliphatic rings. The van der Waals surface area contributed by atoms with Crippen LogP contribution in [-0.2, 0) is 6.42 Å². The number of hydrogen-bond acceptors (Lipinski definition) is 2. The van der Waals surface area contributed by atoms with E-state index in [4.69, 9.17) is 23.2 Å². The van der Waals surface area contributed by atoms with E-state index in [0.29, 0.717) is 28.6 Å². The molecule has 0 N–H and O–H groups in total. The Morgan fingerprint density at radius 2 is 1.70 bits per heavy atom. The molecule has 2 rings (SSSR count). The molecule has 23 heavy (non-hydrogen) atoms.